The summed E-state index contributed by atoms with van der Waals surface area (Å²) in [5.74, 6) is 2.60. The molecule has 164 valence electrons. The highest BCUT2D eigenvalue weighted by molar-refractivity contribution is 5.37. The summed E-state index contributed by atoms with van der Waals surface area (Å²) in [6.07, 6.45) is 4.52. The average molecular weight is 427 g/mol. The van der Waals surface area contributed by atoms with Gasteiger partial charge in [-0.15, -0.1) is 10.2 Å². The van der Waals surface area contributed by atoms with Crippen LogP contribution in [0.2, 0.25) is 0 Å². The van der Waals surface area contributed by atoms with Crippen LogP contribution >= 0.6 is 0 Å². The normalized spacial score (nSPS) is 19.0. The van der Waals surface area contributed by atoms with E-state index < -0.39 is 6.43 Å². The molecule has 0 bridgehead atoms. The number of pyridine rings is 1. The fraction of sp³-hybridized carbons (Fsp3) is 0.458. The molecule has 0 amide bonds. The molecule has 5 nitrogen and oxygen atoms in total. The Kier molecular flexibility index (Phi) is 6.59. The van der Waals surface area contributed by atoms with E-state index in [9.17, 15) is 8.78 Å². The first-order valence-electron chi connectivity index (χ1n) is 11.0. The van der Waals surface area contributed by atoms with Gasteiger partial charge >= 0.3 is 0 Å². The molecule has 31 heavy (non-hydrogen) atoms. The van der Waals surface area contributed by atoms with Crippen LogP contribution in [0, 0.1) is 6.92 Å². The van der Waals surface area contributed by atoms with Gasteiger partial charge in [-0.2, -0.15) is 0 Å². The highest BCUT2D eigenvalue weighted by Crippen LogP contribution is 2.35. The Balaban J connectivity index is 1.41. The largest absolute Gasteiger partial charge is 0.474 e. The minimum absolute atomic E-state index is 0.0342. The van der Waals surface area contributed by atoms with Crippen molar-refractivity contribution in [3.63, 3.8) is 0 Å². The van der Waals surface area contributed by atoms with E-state index in [1.54, 1.807) is 0 Å². The first kappa shape index (κ1) is 21.4. The molecule has 1 saturated carbocycles. The minimum Gasteiger partial charge on any atom is -0.474 e. The molecule has 3 aromatic rings. The van der Waals surface area contributed by atoms with Crippen molar-refractivity contribution in [2.45, 2.75) is 70.8 Å². The van der Waals surface area contributed by atoms with Crippen LogP contribution in [0.3, 0.4) is 0 Å². The van der Waals surface area contributed by atoms with E-state index in [1.165, 1.54) is 23.9 Å². The number of halogens is 2. The van der Waals surface area contributed by atoms with Crippen molar-refractivity contribution < 1.29 is 13.5 Å². The van der Waals surface area contributed by atoms with Gasteiger partial charge in [-0.05, 0) is 62.8 Å². The molecule has 0 saturated heterocycles. The second-order valence-corrected chi connectivity index (χ2v) is 8.18. The van der Waals surface area contributed by atoms with Gasteiger partial charge in [-0.25, -0.2) is 13.8 Å². The smallest absolute Gasteiger partial charge is 0.265 e. The summed E-state index contributed by atoms with van der Waals surface area (Å²) in [5, 5.41) is 8.85. The van der Waals surface area contributed by atoms with Gasteiger partial charge in [0.25, 0.3) is 6.43 Å². The molecule has 1 aliphatic carbocycles. The number of hydrogen-bond donors (Lipinski definition) is 0. The summed E-state index contributed by atoms with van der Waals surface area (Å²) < 4.78 is 33.4. The van der Waals surface area contributed by atoms with Crippen molar-refractivity contribution in [3.8, 4) is 11.6 Å². The summed E-state index contributed by atoms with van der Waals surface area (Å²) in [5.41, 5.74) is 2.35. The summed E-state index contributed by atoms with van der Waals surface area (Å²) in [6.45, 7) is 4.17. The van der Waals surface area contributed by atoms with E-state index in [4.69, 9.17) is 4.74 Å². The molecule has 1 fully saturated rings. The summed E-state index contributed by atoms with van der Waals surface area (Å²) >= 11 is 0. The summed E-state index contributed by atoms with van der Waals surface area (Å²) in [7, 11) is 0. The monoisotopic (exact) mass is 426 g/mol. The number of benzene rings is 1. The number of alkyl halides is 2. The minimum atomic E-state index is -2.51. The van der Waals surface area contributed by atoms with Crippen molar-refractivity contribution in [3.05, 3.63) is 65.4 Å². The highest BCUT2D eigenvalue weighted by atomic mass is 19.3. The third-order valence-corrected chi connectivity index (χ3v) is 5.92. The molecule has 1 aromatic carbocycles. The molecule has 0 atom stereocenters. The Morgan fingerprint density at radius 1 is 1.03 bits per heavy atom. The standard InChI is InChI=1S/C24H28F2N4O/c1-3-4-17-5-10-20(11-6-17)30-16(2)28-29-24(30)18-7-12-21(13-8-18)31-22-14-9-19(15-27-22)23(25)26/h5-6,9-11,14-15,18,21,23H,3-4,7-8,12-13H2,1-2H3. The third kappa shape index (κ3) is 4.92. The van der Waals surface area contributed by atoms with E-state index in [2.05, 4.69) is 50.9 Å². The average Bonchev–Trinajstić information content (AvgIpc) is 3.17. The molecule has 0 unspecified atom stereocenters. The van der Waals surface area contributed by atoms with Gasteiger partial charge in [0, 0.05) is 29.4 Å². The lowest BCUT2D eigenvalue weighted by Gasteiger charge is -2.28. The van der Waals surface area contributed by atoms with E-state index in [1.807, 2.05) is 6.92 Å². The molecule has 0 N–H and O–H groups in total. The van der Waals surface area contributed by atoms with Crippen LogP contribution in [0.1, 0.15) is 74.1 Å². The van der Waals surface area contributed by atoms with E-state index in [-0.39, 0.29) is 11.7 Å². The molecule has 1 aliphatic rings. The van der Waals surface area contributed by atoms with Crippen molar-refractivity contribution in [2.24, 2.45) is 0 Å². The van der Waals surface area contributed by atoms with Crippen molar-refractivity contribution in [2.75, 3.05) is 0 Å². The number of rotatable bonds is 7. The second kappa shape index (κ2) is 9.54. The number of aromatic nitrogens is 4. The Morgan fingerprint density at radius 3 is 2.39 bits per heavy atom. The zero-order valence-electron chi connectivity index (χ0n) is 18.0. The molecule has 2 heterocycles. The Labute approximate surface area is 181 Å². The fourth-order valence-corrected chi connectivity index (χ4v) is 4.26. The molecule has 2 aromatic heterocycles. The maximum absolute atomic E-state index is 12.7. The van der Waals surface area contributed by atoms with Gasteiger partial charge in [-0.1, -0.05) is 25.5 Å². The van der Waals surface area contributed by atoms with Gasteiger partial charge in [0.1, 0.15) is 17.8 Å². The van der Waals surface area contributed by atoms with Crippen LogP contribution in [0.5, 0.6) is 5.88 Å². The van der Waals surface area contributed by atoms with Crippen LogP contribution in [0.25, 0.3) is 5.69 Å². The molecular formula is C24H28F2N4O. The first-order chi connectivity index (χ1) is 15.0. The number of nitrogens with zero attached hydrogens (tertiary/aromatic N) is 4. The number of ether oxygens (including phenoxy) is 1. The van der Waals surface area contributed by atoms with E-state index in [0.29, 0.717) is 11.8 Å². The molecule has 4 rings (SSSR count). The zero-order valence-corrected chi connectivity index (χ0v) is 18.0. The van der Waals surface area contributed by atoms with Gasteiger partial charge in [-0.3, -0.25) is 4.57 Å². The van der Waals surface area contributed by atoms with Gasteiger partial charge in [0.15, 0.2) is 0 Å². The fourth-order valence-electron chi connectivity index (χ4n) is 4.26. The predicted octanol–water partition coefficient (Wildman–Crippen LogP) is 5.97. The third-order valence-electron chi connectivity index (χ3n) is 5.92. The second-order valence-electron chi connectivity index (χ2n) is 8.18. The van der Waals surface area contributed by atoms with E-state index >= 15 is 0 Å². The lowest BCUT2D eigenvalue weighted by atomic mass is 9.86. The summed E-state index contributed by atoms with van der Waals surface area (Å²) in [6, 6.07) is 11.5. The number of hydrogen-bond acceptors (Lipinski definition) is 4. The van der Waals surface area contributed by atoms with Crippen LogP contribution in [0.15, 0.2) is 42.6 Å². The maximum Gasteiger partial charge on any atom is 0.265 e. The van der Waals surface area contributed by atoms with Crippen LogP contribution in [-0.2, 0) is 6.42 Å². The number of aryl methyl sites for hydroxylation is 2. The molecule has 0 radical (unpaired) electrons. The summed E-state index contributed by atoms with van der Waals surface area (Å²) in [4.78, 5) is 4.02. The van der Waals surface area contributed by atoms with Crippen molar-refractivity contribution in [1.82, 2.24) is 19.7 Å². The van der Waals surface area contributed by atoms with Crippen molar-refractivity contribution >= 4 is 0 Å². The van der Waals surface area contributed by atoms with Gasteiger partial charge < -0.3 is 4.74 Å². The Morgan fingerprint density at radius 2 is 1.77 bits per heavy atom. The van der Waals surface area contributed by atoms with E-state index in [0.717, 1.165) is 55.9 Å². The maximum atomic E-state index is 12.7. The molecule has 7 heteroatoms. The molecule has 0 spiro atoms. The lowest BCUT2D eigenvalue weighted by molar-refractivity contribution is 0.137. The predicted molar refractivity (Wildman–Crippen MR) is 115 cm³/mol. The van der Waals surface area contributed by atoms with Crippen LogP contribution in [-0.4, -0.2) is 25.9 Å². The lowest BCUT2D eigenvalue weighted by Crippen LogP contribution is -2.25. The molecular weight excluding hydrogens is 398 g/mol. The molecule has 0 aliphatic heterocycles. The zero-order chi connectivity index (χ0) is 21.8. The Hall–Kier alpha value is -2.83. The Bertz CT molecular complexity index is 978. The highest BCUT2D eigenvalue weighted by Gasteiger charge is 2.28. The quantitative estimate of drug-likeness (QED) is 0.467. The van der Waals surface area contributed by atoms with Crippen LogP contribution in [0.4, 0.5) is 8.78 Å². The van der Waals surface area contributed by atoms with Crippen LogP contribution < -0.4 is 4.74 Å². The SMILES string of the molecule is CCCc1ccc(-n2c(C)nnc2C2CCC(Oc3ccc(C(F)F)cn3)CC2)cc1. The first-order valence-corrected chi connectivity index (χ1v) is 11.0. The topological polar surface area (TPSA) is 52.8 Å². The van der Waals surface area contributed by atoms with Gasteiger partial charge in [0.2, 0.25) is 5.88 Å². The van der Waals surface area contributed by atoms with Gasteiger partial charge in [0.05, 0.1) is 0 Å². The van der Waals surface area contributed by atoms with Crippen molar-refractivity contribution in [1.29, 1.82) is 0 Å².